The molecule has 144 valence electrons. The zero-order valence-corrected chi connectivity index (χ0v) is 17.0. The molecule has 0 radical (unpaired) electrons. The van der Waals surface area contributed by atoms with Crippen molar-refractivity contribution in [3.05, 3.63) is 95.7 Å². The van der Waals surface area contributed by atoms with Gasteiger partial charge in [0.1, 0.15) is 0 Å². The summed E-state index contributed by atoms with van der Waals surface area (Å²) in [4.78, 5) is 13.0. The molecule has 0 atom stereocenters. The molecule has 0 aliphatic carbocycles. The summed E-state index contributed by atoms with van der Waals surface area (Å²) in [7, 11) is 0. The van der Waals surface area contributed by atoms with Crippen LogP contribution in [0.2, 0.25) is 0 Å². The fourth-order valence-corrected chi connectivity index (χ4v) is 4.11. The Labute approximate surface area is 171 Å². The van der Waals surface area contributed by atoms with E-state index in [0.29, 0.717) is 5.56 Å². The van der Waals surface area contributed by atoms with Crippen LogP contribution >= 0.6 is 0 Å². The van der Waals surface area contributed by atoms with E-state index in [0.717, 1.165) is 47.0 Å². The summed E-state index contributed by atoms with van der Waals surface area (Å²) in [6.45, 7) is 9.08. The number of nitrogens with zero attached hydrogens (tertiary/aromatic N) is 1. The lowest BCUT2D eigenvalue weighted by Gasteiger charge is -2.06. The molecule has 0 saturated carbocycles. The molecule has 4 aromatic rings. The average molecular weight is 380 g/mol. The number of carbonyl (C=O) groups is 1. The number of aryl methyl sites for hydroxylation is 1. The monoisotopic (exact) mass is 379 g/mol. The molecule has 1 heterocycles. The number of ketones is 1. The molecule has 0 unspecified atom stereocenters. The molecule has 0 spiro atoms. The molecule has 29 heavy (non-hydrogen) atoms. The lowest BCUT2D eigenvalue weighted by Crippen LogP contribution is -2.01. The first kappa shape index (κ1) is 19.0. The van der Waals surface area contributed by atoms with Crippen molar-refractivity contribution < 1.29 is 4.79 Å². The smallest absolute Gasteiger partial charge is 0.193 e. The number of hydrogen-bond donors (Lipinski definition) is 0. The number of hydrogen-bond acceptors (Lipinski definition) is 1. The van der Waals surface area contributed by atoms with Gasteiger partial charge in [0.25, 0.3) is 0 Å². The Morgan fingerprint density at radius 2 is 1.48 bits per heavy atom. The molecule has 3 aromatic carbocycles. The number of carbonyl (C=O) groups excluding carboxylic acids is 1. The maximum absolute atomic E-state index is 13.0. The molecule has 0 fully saturated rings. The second kappa shape index (κ2) is 7.95. The van der Waals surface area contributed by atoms with Gasteiger partial charge >= 0.3 is 0 Å². The van der Waals surface area contributed by atoms with Crippen LogP contribution < -0.4 is 0 Å². The summed E-state index contributed by atoms with van der Waals surface area (Å²) < 4.78 is 2.31. The molecule has 0 aliphatic heterocycles. The Morgan fingerprint density at radius 1 is 0.862 bits per heavy atom. The van der Waals surface area contributed by atoms with Crippen LogP contribution in [0.1, 0.15) is 48.2 Å². The van der Waals surface area contributed by atoms with E-state index in [1.807, 2.05) is 42.5 Å². The van der Waals surface area contributed by atoms with Crippen molar-refractivity contribution >= 4 is 33.2 Å². The van der Waals surface area contributed by atoms with Crippen LogP contribution in [0.5, 0.6) is 0 Å². The Bertz CT molecular complexity index is 1250. The Balaban J connectivity index is 1.93. The molecule has 0 N–H and O–H groups in total. The molecule has 1 aromatic heterocycles. The first-order chi connectivity index (χ1) is 14.2. The third-order valence-corrected chi connectivity index (χ3v) is 5.54. The summed E-state index contributed by atoms with van der Waals surface area (Å²) in [6, 6.07) is 22.1. The van der Waals surface area contributed by atoms with Crippen molar-refractivity contribution in [2.45, 2.75) is 33.2 Å². The predicted octanol–water partition coefficient (Wildman–Crippen LogP) is 7.01. The molecule has 2 nitrogen and oxygen atoms in total. The summed E-state index contributed by atoms with van der Waals surface area (Å²) in [5.74, 6) is 0.0544. The highest BCUT2D eigenvalue weighted by Crippen LogP contribution is 2.33. The van der Waals surface area contributed by atoms with Crippen LogP contribution in [-0.4, -0.2) is 10.4 Å². The number of allylic oxidation sites excluding steroid dienone is 1. The van der Waals surface area contributed by atoms with Gasteiger partial charge in [0.15, 0.2) is 5.78 Å². The van der Waals surface area contributed by atoms with Crippen molar-refractivity contribution in [2.24, 2.45) is 0 Å². The van der Waals surface area contributed by atoms with Gasteiger partial charge in [0, 0.05) is 45.1 Å². The third kappa shape index (κ3) is 3.33. The van der Waals surface area contributed by atoms with Crippen molar-refractivity contribution in [2.75, 3.05) is 0 Å². The van der Waals surface area contributed by atoms with E-state index in [9.17, 15) is 4.79 Å². The van der Waals surface area contributed by atoms with Gasteiger partial charge in [-0.1, -0.05) is 56.3 Å². The lowest BCUT2D eigenvalue weighted by molar-refractivity contribution is 0.103. The molecule has 0 amide bonds. The van der Waals surface area contributed by atoms with Crippen LogP contribution in [0.15, 0.2) is 79.0 Å². The van der Waals surface area contributed by atoms with Crippen molar-refractivity contribution in [1.29, 1.82) is 0 Å². The zero-order chi connectivity index (χ0) is 20.4. The normalized spacial score (nSPS) is 11.0. The van der Waals surface area contributed by atoms with Gasteiger partial charge in [0.05, 0.1) is 0 Å². The summed E-state index contributed by atoms with van der Waals surface area (Å²) >= 11 is 0. The maximum Gasteiger partial charge on any atom is 0.193 e. The SMILES string of the molecule is C=C=C(CCC)c1ccc2c(c1)c1cc(C(=O)c3ccccc3)ccc1n2CC. The third-order valence-electron chi connectivity index (χ3n) is 5.54. The van der Waals surface area contributed by atoms with E-state index in [1.165, 1.54) is 10.9 Å². The van der Waals surface area contributed by atoms with Crippen LogP contribution in [0.4, 0.5) is 0 Å². The first-order valence-corrected chi connectivity index (χ1v) is 10.2. The highest BCUT2D eigenvalue weighted by Gasteiger charge is 2.15. The molecule has 2 heteroatoms. The van der Waals surface area contributed by atoms with Crippen LogP contribution in [0.3, 0.4) is 0 Å². The van der Waals surface area contributed by atoms with Gasteiger partial charge < -0.3 is 4.57 Å². The fourth-order valence-electron chi connectivity index (χ4n) is 4.11. The van der Waals surface area contributed by atoms with Gasteiger partial charge in [-0.3, -0.25) is 4.79 Å². The molecular formula is C27H25NO. The van der Waals surface area contributed by atoms with Crippen molar-refractivity contribution in [1.82, 2.24) is 4.57 Å². The van der Waals surface area contributed by atoms with Gasteiger partial charge in [-0.15, -0.1) is 5.73 Å². The Hall–Kier alpha value is -3.35. The minimum absolute atomic E-state index is 0.0544. The molecule has 0 bridgehead atoms. The Kier molecular flexibility index (Phi) is 5.20. The largest absolute Gasteiger partial charge is 0.341 e. The summed E-state index contributed by atoms with van der Waals surface area (Å²) in [6.07, 6.45) is 2.02. The molecule has 0 saturated heterocycles. The van der Waals surface area contributed by atoms with E-state index in [2.05, 4.69) is 55.0 Å². The predicted molar refractivity (Wildman–Crippen MR) is 122 cm³/mol. The van der Waals surface area contributed by atoms with Crippen LogP contribution in [-0.2, 0) is 6.54 Å². The summed E-state index contributed by atoms with van der Waals surface area (Å²) in [5.41, 5.74) is 9.19. The highest BCUT2D eigenvalue weighted by atomic mass is 16.1. The first-order valence-electron chi connectivity index (χ1n) is 10.2. The van der Waals surface area contributed by atoms with E-state index in [4.69, 9.17) is 0 Å². The molecular weight excluding hydrogens is 354 g/mol. The second-order valence-electron chi connectivity index (χ2n) is 7.31. The lowest BCUT2D eigenvalue weighted by atomic mass is 9.98. The van der Waals surface area contributed by atoms with Gasteiger partial charge in [-0.05, 0) is 49.2 Å². The number of aromatic nitrogens is 1. The topological polar surface area (TPSA) is 22.0 Å². The second-order valence-corrected chi connectivity index (χ2v) is 7.31. The summed E-state index contributed by atoms with van der Waals surface area (Å²) in [5, 5.41) is 2.29. The minimum atomic E-state index is 0.0544. The van der Waals surface area contributed by atoms with Crippen molar-refractivity contribution in [3.8, 4) is 0 Å². The molecule has 4 rings (SSSR count). The van der Waals surface area contributed by atoms with Gasteiger partial charge in [-0.25, -0.2) is 0 Å². The highest BCUT2D eigenvalue weighted by molar-refractivity contribution is 6.15. The maximum atomic E-state index is 13.0. The van der Waals surface area contributed by atoms with E-state index in [1.54, 1.807) is 0 Å². The quantitative estimate of drug-likeness (QED) is 0.261. The number of fused-ring (bicyclic) bond motifs is 3. The van der Waals surface area contributed by atoms with Gasteiger partial charge in [0.2, 0.25) is 0 Å². The van der Waals surface area contributed by atoms with Crippen LogP contribution in [0.25, 0.3) is 27.4 Å². The number of benzene rings is 3. The van der Waals surface area contributed by atoms with Crippen molar-refractivity contribution in [3.63, 3.8) is 0 Å². The number of rotatable bonds is 6. The van der Waals surface area contributed by atoms with E-state index >= 15 is 0 Å². The molecule has 0 aliphatic rings. The Morgan fingerprint density at radius 3 is 2.07 bits per heavy atom. The zero-order valence-electron chi connectivity index (χ0n) is 17.0. The van der Waals surface area contributed by atoms with E-state index in [-0.39, 0.29) is 5.78 Å². The van der Waals surface area contributed by atoms with Gasteiger partial charge in [-0.2, -0.15) is 0 Å². The fraction of sp³-hybridized carbons (Fsp3) is 0.185. The standard InChI is InChI=1S/C27H25NO/c1-4-10-19(5-2)21-13-15-25-23(17-21)24-18-22(14-16-26(24)28(25)6-3)27(29)20-11-8-7-9-12-20/h7-9,11-18H,2,4,6,10H2,1,3H3. The van der Waals surface area contributed by atoms with E-state index < -0.39 is 0 Å². The average Bonchev–Trinajstić information content (AvgIpc) is 3.09. The minimum Gasteiger partial charge on any atom is -0.341 e. The van der Waals surface area contributed by atoms with Crippen LogP contribution in [0, 0.1) is 0 Å².